The quantitative estimate of drug-likeness (QED) is 0.696. The smallest absolute Gasteiger partial charge is 0.238 e. The summed E-state index contributed by atoms with van der Waals surface area (Å²) in [5.41, 5.74) is 2.15. The van der Waals surface area contributed by atoms with Crippen molar-refractivity contribution in [2.24, 2.45) is 23.2 Å². The largest absolute Gasteiger partial charge is 0.342 e. The lowest BCUT2D eigenvalue weighted by molar-refractivity contribution is -0.158. The highest BCUT2D eigenvalue weighted by molar-refractivity contribution is 8.02. The second-order valence-corrected chi connectivity index (χ2v) is 12.1. The summed E-state index contributed by atoms with van der Waals surface area (Å²) in [5.74, 6) is 3.62. The lowest BCUT2D eigenvalue weighted by atomic mass is 9.49. The Balaban J connectivity index is 1.20. The van der Waals surface area contributed by atoms with Crippen molar-refractivity contribution >= 4 is 29.3 Å². The number of nitrogens with zero attached hydrogens (tertiary/aromatic N) is 2. The van der Waals surface area contributed by atoms with E-state index in [1.807, 2.05) is 6.07 Å². The Bertz CT molecular complexity index is 854. The number of carbonyl (C=O) groups is 2. The normalized spacial score (nSPS) is 36.7. The van der Waals surface area contributed by atoms with Crippen molar-refractivity contribution in [3.63, 3.8) is 0 Å². The lowest BCUT2D eigenvalue weighted by Gasteiger charge is -2.57. The molecule has 7 rings (SSSR count). The van der Waals surface area contributed by atoms with Crippen molar-refractivity contribution in [2.75, 3.05) is 23.7 Å². The average molecular weight is 425 g/mol. The van der Waals surface area contributed by atoms with Crippen LogP contribution in [0.3, 0.4) is 0 Å². The lowest BCUT2D eigenvalue weighted by Crippen LogP contribution is -2.58. The monoisotopic (exact) mass is 424 g/mol. The minimum absolute atomic E-state index is 0.0475. The van der Waals surface area contributed by atoms with Gasteiger partial charge in [0, 0.05) is 18.8 Å². The molecule has 2 saturated heterocycles. The molecule has 6 fully saturated rings. The number of aryl methyl sites for hydroxylation is 1. The molecule has 1 spiro atoms. The number of hydrogen-bond donors (Lipinski definition) is 0. The molecule has 4 bridgehead atoms. The van der Waals surface area contributed by atoms with E-state index in [0.29, 0.717) is 11.7 Å². The molecular formula is C25H32N2O2S. The number of carbonyl (C=O) groups excluding carboxylic acids is 2. The number of hydrogen-bond acceptors (Lipinski definition) is 3. The number of thioether (sulfide) groups is 1. The minimum atomic E-state index is -0.177. The van der Waals surface area contributed by atoms with Crippen LogP contribution in [0.2, 0.25) is 0 Å². The maximum absolute atomic E-state index is 13.8. The third-order valence-corrected chi connectivity index (χ3v) is 10.2. The highest BCUT2D eigenvalue weighted by Crippen LogP contribution is 2.61. The van der Waals surface area contributed by atoms with Gasteiger partial charge >= 0.3 is 0 Å². The first kappa shape index (κ1) is 19.2. The Kier molecular flexibility index (Phi) is 4.32. The molecule has 1 aromatic carbocycles. The van der Waals surface area contributed by atoms with Crippen molar-refractivity contribution in [1.82, 2.24) is 4.90 Å². The van der Waals surface area contributed by atoms with Crippen LogP contribution >= 0.6 is 11.8 Å². The third kappa shape index (κ3) is 2.87. The highest BCUT2D eigenvalue weighted by atomic mass is 32.2. The summed E-state index contributed by atoms with van der Waals surface area (Å²) in [6, 6.07) is 8.31. The van der Waals surface area contributed by atoms with Gasteiger partial charge in [-0.15, -0.1) is 11.8 Å². The van der Waals surface area contributed by atoms with Gasteiger partial charge in [-0.2, -0.15) is 0 Å². The van der Waals surface area contributed by atoms with Crippen LogP contribution < -0.4 is 4.90 Å². The molecule has 0 aromatic heterocycles. The zero-order valence-corrected chi connectivity index (χ0v) is 18.8. The fraction of sp³-hybridized carbons (Fsp3) is 0.680. The standard InChI is InChI=1S/C25H32N2O2S/c1-17-3-2-4-21(9-17)27-22(28)16-30-25(27)5-7-26(8-6-25)23(29)24-13-18-10-19(14-24)12-20(11-18)15-24/h2-4,9,18-20H,5-8,10-16H2,1H3. The van der Waals surface area contributed by atoms with Crippen molar-refractivity contribution < 1.29 is 9.59 Å². The van der Waals surface area contributed by atoms with Gasteiger partial charge in [0.05, 0.1) is 16.0 Å². The Morgan fingerprint density at radius 1 is 1.03 bits per heavy atom. The van der Waals surface area contributed by atoms with Gasteiger partial charge in [-0.3, -0.25) is 14.5 Å². The fourth-order valence-corrected chi connectivity index (χ4v) is 9.16. The van der Waals surface area contributed by atoms with E-state index < -0.39 is 0 Å². The second kappa shape index (κ2) is 6.75. The van der Waals surface area contributed by atoms with Crippen molar-refractivity contribution in [1.29, 1.82) is 0 Å². The maximum atomic E-state index is 13.8. The van der Waals surface area contributed by atoms with Crippen LogP contribution in [0.1, 0.15) is 56.9 Å². The Hall–Kier alpha value is -1.49. The zero-order valence-electron chi connectivity index (χ0n) is 17.9. The molecule has 6 aliphatic rings. The Morgan fingerprint density at radius 3 is 2.27 bits per heavy atom. The molecule has 0 radical (unpaired) electrons. The van der Waals surface area contributed by atoms with Crippen molar-refractivity contribution in [3.8, 4) is 0 Å². The van der Waals surface area contributed by atoms with E-state index in [2.05, 4.69) is 34.9 Å². The van der Waals surface area contributed by atoms with Gasteiger partial charge in [-0.1, -0.05) is 12.1 Å². The third-order valence-electron chi connectivity index (χ3n) is 8.70. The van der Waals surface area contributed by atoms with Gasteiger partial charge in [0.2, 0.25) is 11.8 Å². The molecule has 30 heavy (non-hydrogen) atoms. The number of benzene rings is 1. The van der Waals surface area contributed by atoms with Gasteiger partial charge in [-0.05, 0) is 93.7 Å². The number of piperidine rings is 1. The van der Waals surface area contributed by atoms with Crippen LogP contribution in [0.5, 0.6) is 0 Å². The number of rotatable bonds is 2. The van der Waals surface area contributed by atoms with Crippen LogP contribution in [0.15, 0.2) is 24.3 Å². The summed E-state index contributed by atoms with van der Waals surface area (Å²) in [6.07, 6.45) is 9.32. The summed E-state index contributed by atoms with van der Waals surface area (Å²) in [6.45, 7) is 3.67. The number of likely N-dealkylation sites (tertiary alicyclic amines) is 1. The van der Waals surface area contributed by atoms with Gasteiger partial charge in [-0.25, -0.2) is 0 Å². The van der Waals surface area contributed by atoms with Crippen molar-refractivity contribution in [3.05, 3.63) is 29.8 Å². The van der Waals surface area contributed by atoms with Crippen LogP contribution in [0.4, 0.5) is 5.69 Å². The van der Waals surface area contributed by atoms with Gasteiger partial charge in [0.25, 0.3) is 0 Å². The van der Waals surface area contributed by atoms with E-state index in [1.54, 1.807) is 11.8 Å². The number of amides is 2. The van der Waals surface area contributed by atoms with Crippen molar-refractivity contribution in [2.45, 2.75) is 63.2 Å². The summed E-state index contributed by atoms with van der Waals surface area (Å²) >= 11 is 1.79. The Morgan fingerprint density at radius 2 is 1.67 bits per heavy atom. The van der Waals surface area contributed by atoms with E-state index in [4.69, 9.17) is 0 Å². The second-order valence-electron chi connectivity index (χ2n) is 10.8. The maximum Gasteiger partial charge on any atom is 0.238 e. The molecule has 1 aromatic rings. The van der Waals surface area contributed by atoms with Gasteiger partial charge < -0.3 is 4.90 Å². The zero-order chi connectivity index (χ0) is 20.5. The molecule has 2 amide bonds. The van der Waals surface area contributed by atoms with E-state index in [9.17, 15) is 9.59 Å². The molecule has 2 aliphatic heterocycles. The predicted molar refractivity (Wildman–Crippen MR) is 120 cm³/mol. The van der Waals surface area contributed by atoms with E-state index in [0.717, 1.165) is 68.6 Å². The summed E-state index contributed by atoms with van der Waals surface area (Å²) < 4.78 is 0. The van der Waals surface area contributed by atoms with Crippen LogP contribution in [-0.2, 0) is 9.59 Å². The van der Waals surface area contributed by atoms with E-state index >= 15 is 0 Å². The molecule has 4 aliphatic carbocycles. The first-order valence-electron chi connectivity index (χ1n) is 11.8. The molecule has 2 heterocycles. The molecule has 0 atom stereocenters. The molecule has 0 unspecified atom stereocenters. The fourth-order valence-electron chi connectivity index (χ4n) is 7.83. The SMILES string of the molecule is Cc1cccc(N2C(=O)CSC23CCN(C(=O)C24CC5CC(CC(C5)C2)C4)CC3)c1. The van der Waals surface area contributed by atoms with Crippen LogP contribution in [0.25, 0.3) is 0 Å². The predicted octanol–water partition coefficient (Wildman–Crippen LogP) is 4.61. The molecule has 5 heteroatoms. The topological polar surface area (TPSA) is 40.6 Å². The molecule has 0 N–H and O–H groups in total. The number of anilines is 1. The molecular weight excluding hydrogens is 392 g/mol. The summed E-state index contributed by atoms with van der Waals surface area (Å²) in [4.78, 5) is 30.6. The van der Waals surface area contributed by atoms with Gasteiger partial charge in [0.1, 0.15) is 0 Å². The Labute approximate surface area is 183 Å². The molecule has 160 valence electrons. The van der Waals surface area contributed by atoms with Gasteiger partial charge in [0.15, 0.2) is 0 Å². The summed E-state index contributed by atoms with van der Waals surface area (Å²) in [7, 11) is 0. The molecule has 4 nitrogen and oxygen atoms in total. The molecule has 4 saturated carbocycles. The van der Waals surface area contributed by atoms with Crippen LogP contribution in [0, 0.1) is 30.1 Å². The summed E-state index contributed by atoms with van der Waals surface area (Å²) in [5, 5.41) is 0. The first-order valence-corrected chi connectivity index (χ1v) is 12.8. The highest BCUT2D eigenvalue weighted by Gasteiger charge is 2.57. The minimum Gasteiger partial charge on any atom is -0.342 e. The van der Waals surface area contributed by atoms with E-state index in [-0.39, 0.29) is 16.2 Å². The first-order chi connectivity index (χ1) is 14.5. The van der Waals surface area contributed by atoms with E-state index in [1.165, 1.54) is 24.8 Å². The average Bonchev–Trinajstić information content (AvgIpc) is 3.03. The van der Waals surface area contributed by atoms with Crippen LogP contribution in [-0.4, -0.2) is 40.4 Å².